The lowest BCUT2D eigenvalue weighted by Gasteiger charge is -2.32. The lowest BCUT2D eigenvalue weighted by molar-refractivity contribution is 0.306. The van der Waals surface area contributed by atoms with Gasteiger partial charge in [-0.3, -0.25) is 4.99 Å². The van der Waals surface area contributed by atoms with Crippen LogP contribution in [0.25, 0.3) is 0 Å². The maximum Gasteiger partial charge on any atom is 0.213 e. The third kappa shape index (κ3) is 6.55. The highest BCUT2D eigenvalue weighted by Gasteiger charge is 2.27. The number of sulfonamides is 1. The van der Waals surface area contributed by atoms with Crippen LogP contribution in [0.2, 0.25) is 0 Å². The van der Waals surface area contributed by atoms with E-state index in [1.807, 2.05) is 0 Å². The molecule has 0 radical (unpaired) electrons. The zero-order chi connectivity index (χ0) is 19.0. The van der Waals surface area contributed by atoms with Crippen molar-refractivity contribution >= 4 is 27.3 Å². The molecule has 0 aromatic carbocycles. The van der Waals surface area contributed by atoms with Crippen molar-refractivity contribution in [2.45, 2.75) is 46.1 Å². The molecule has 0 amide bonds. The number of nitrogens with zero attached hydrogens (tertiary/aromatic N) is 2. The number of nitrogens with one attached hydrogen (secondary N) is 2. The fourth-order valence-corrected chi connectivity index (χ4v) is 5.06. The predicted molar refractivity (Wildman–Crippen MR) is 110 cm³/mol. The number of hydrogen-bond acceptors (Lipinski definition) is 4. The van der Waals surface area contributed by atoms with Crippen LogP contribution in [-0.2, 0) is 16.4 Å². The third-order valence-electron chi connectivity index (χ3n) is 4.59. The normalized spacial score (nSPS) is 18.7. The molecule has 1 unspecified atom stereocenters. The molecular formula is C18H32N4O2S2. The van der Waals surface area contributed by atoms with Crippen LogP contribution in [-0.4, -0.2) is 56.7 Å². The van der Waals surface area contributed by atoms with Crippen LogP contribution in [0.4, 0.5) is 0 Å². The van der Waals surface area contributed by atoms with Crippen molar-refractivity contribution in [3.63, 3.8) is 0 Å². The summed E-state index contributed by atoms with van der Waals surface area (Å²) in [4.78, 5) is 6.14. The first kappa shape index (κ1) is 21.2. The summed E-state index contributed by atoms with van der Waals surface area (Å²) in [6.45, 7) is 8.74. The van der Waals surface area contributed by atoms with Gasteiger partial charge in [0.25, 0.3) is 0 Å². The van der Waals surface area contributed by atoms with Crippen molar-refractivity contribution in [2.24, 2.45) is 10.9 Å². The van der Waals surface area contributed by atoms with E-state index in [1.54, 1.807) is 22.6 Å². The second-order valence-corrected chi connectivity index (χ2v) is 10.1. The van der Waals surface area contributed by atoms with E-state index in [2.05, 4.69) is 42.0 Å². The number of hydrogen-bond donors (Lipinski definition) is 2. The SMILES string of the molecule is CCNC(=NCC(C)Cc1cccs1)NC1CCN(S(=O)(=O)CC)CC1. The van der Waals surface area contributed by atoms with Gasteiger partial charge in [-0.05, 0) is 50.5 Å². The zero-order valence-electron chi connectivity index (χ0n) is 16.1. The van der Waals surface area contributed by atoms with Crippen LogP contribution in [0.1, 0.15) is 38.5 Å². The number of piperidine rings is 1. The number of rotatable bonds is 8. The summed E-state index contributed by atoms with van der Waals surface area (Å²) in [5, 5.41) is 8.90. The van der Waals surface area contributed by atoms with Crippen molar-refractivity contribution in [2.75, 3.05) is 31.9 Å². The lowest BCUT2D eigenvalue weighted by atomic mass is 10.1. The summed E-state index contributed by atoms with van der Waals surface area (Å²) in [5.74, 6) is 1.50. The van der Waals surface area contributed by atoms with Crippen LogP contribution < -0.4 is 10.6 Å². The third-order valence-corrected chi connectivity index (χ3v) is 7.37. The molecule has 1 atom stereocenters. The molecule has 2 rings (SSSR count). The quantitative estimate of drug-likeness (QED) is 0.519. The molecular weight excluding hydrogens is 368 g/mol. The van der Waals surface area contributed by atoms with E-state index < -0.39 is 10.0 Å². The van der Waals surface area contributed by atoms with E-state index in [-0.39, 0.29) is 11.8 Å². The molecule has 0 aliphatic carbocycles. The van der Waals surface area contributed by atoms with Gasteiger partial charge in [0.1, 0.15) is 0 Å². The Morgan fingerprint density at radius 2 is 2.12 bits per heavy atom. The van der Waals surface area contributed by atoms with Crippen molar-refractivity contribution in [3.8, 4) is 0 Å². The predicted octanol–water partition coefficient (Wildman–Crippen LogP) is 2.30. The number of guanidine groups is 1. The monoisotopic (exact) mass is 400 g/mol. The van der Waals surface area contributed by atoms with Crippen LogP contribution in [0, 0.1) is 5.92 Å². The van der Waals surface area contributed by atoms with Crippen LogP contribution in [0.3, 0.4) is 0 Å². The van der Waals surface area contributed by atoms with Gasteiger partial charge in [-0.15, -0.1) is 11.3 Å². The van der Waals surface area contributed by atoms with Gasteiger partial charge in [0.2, 0.25) is 10.0 Å². The van der Waals surface area contributed by atoms with Gasteiger partial charge >= 0.3 is 0 Å². The largest absolute Gasteiger partial charge is 0.357 e. The summed E-state index contributed by atoms with van der Waals surface area (Å²) < 4.78 is 25.5. The number of aliphatic imine (C=N–C) groups is 1. The minimum absolute atomic E-state index is 0.178. The second-order valence-electron chi connectivity index (χ2n) is 6.83. The van der Waals surface area contributed by atoms with E-state index in [0.29, 0.717) is 19.0 Å². The highest BCUT2D eigenvalue weighted by Crippen LogP contribution is 2.16. The molecule has 1 aromatic heterocycles. The summed E-state index contributed by atoms with van der Waals surface area (Å²) in [7, 11) is -3.07. The van der Waals surface area contributed by atoms with E-state index in [0.717, 1.165) is 38.3 Å². The van der Waals surface area contributed by atoms with Crippen molar-refractivity contribution in [1.29, 1.82) is 0 Å². The molecule has 2 heterocycles. The topological polar surface area (TPSA) is 73.8 Å². The van der Waals surface area contributed by atoms with Crippen LogP contribution >= 0.6 is 11.3 Å². The Kier molecular flexibility index (Phi) is 8.37. The summed E-state index contributed by atoms with van der Waals surface area (Å²) in [5.41, 5.74) is 0. The Hall–Kier alpha value is -1.12. The molecule has 6 nitrogen and oxygen atoms in total. The molecule has 0 saturated carbocycles. The summed E-state index contributed by atoms with van der Waals surface area (Å²) in [6.07, 6.45) is 2.68. The van der Waals surface area contributed by atoms with Crippen molar-refractivity contribution < 1.29 is 8.42 Å². The smallest absolute Gasteiger partial charge is 0.213 e. The Labute approximate surface area is 162 Å². The Morgan fingerprint density at radius 1 is 1.38 bits per heavy atom. The van der Waals surface area contributed by atoms with Crippen LogP contribution in [0.5, 0.6) is 0 Å². The molecule has 1 aromatic rings. The minimum Gasteiger partial charge on any atom is -0.357 e. The minimum atomic E-state index is -3.07. The molecule has 1 saturated heterocycles. The maximum absolute atomic E-state index is 12.0. The summed E-state index contributed by atoms with van der Waals surface area (Å²) in [6, 6.07) is 4.53. The first-order valence-electron chi connectivity index (χ1n) is 9.49. The van der Waals surface area contributed by atoms with Gasteiger partial charge in [0.15, 0.2) is 5.96 Å². The first-order chi connectivity index (χ1) is 12.4. The van der Waals surface area contributed by atoms with Crippen molar-refractivity contribution in [3.05, 3.63) is 22.4 Å². The Morgan fingerprint density at radius 3 is 2.69 bits per heavy atom. The van der Waals surface area contributed by atoms with Gasteiger partial charge in [-0.25, -0.2) is 12.7 Å². The van der Waals surface area contributed by atoms with E-state index in [1.165, 1.54) is 4.88 Å². The van der Waals surface area contributed by atoms with Gasteiger partial charge in [-0.1, -0.05) is 13.0 Å². The lowest BCUT2D eigenvalue weighted by Crippen LogP contribution is -2.50. The first-order valence-corrected chi connectivity index (χ1v) is 12.0. The molecule has 148 valence electrons. The van der Waals surface area contributed by atoms with Crippen molar-refractivity contribution in [1.82, 2.24) is 14.9 Å². The number of thiophene rings is 1. The standard InChI is InChI=1S/C18H32N4O2S2/c1-4-19-18(20-14-15(3)13-17-7-6-12-25-17)21-16-8-10-22(11-9-16)26(23,24)5-2/h6-7,12,15-16H,4-5,8-11,13-14H2,1-3H3,(H2,19,20,21). The fraction of sp³-hybridized carbons (Fsp3) is 0.722. The fourth-order valence-electron chi connectivity index (χ4n) is 3.06. The average molecular weight is 401 g/mol. The van der Waals surface area contributed by atoms with E-state index in [9.17, 15) is 8.42 Å². The highest BCUT2D eigenvalue weighted by molar-refractivity contribution is 7.89. The zero-order valence-corrected chi connectivity index (χ0v) is 17.7. The highest BCUT2D eigenvalue weighted by atomic mass is 32.2. The molecule has 1 aliphatic rings. The van der Waals surface area contributed by atoms with E-state index in [4.69, 9.17) is 4.99 Å². The molecule has 0 bridgehead atoms. The van der Waals surface area contributed by atoms with Gasteiger partial charge < -0.3 is 10.6 Å². The molecule has 0 spiro atoms. The van der Waals surface area contributed by atoms with Crippen LogP contribution in [0.15, 0.2) is 22.5 Å². The van der Waals surface area contributed by atoms with Gasteiger partial charge in [-0.2, -0.15) is 0 Å². The average Bonchev–Trinajstić information content (AvgIpc) is 3.13. The summed E-state index contributed by atoms with van der Waals surface area (Å²) >= 11 is 1.79. The molecule has 8 heteroatoms. The molecule has 1 fully saturated rings. The Balaban J connectivity index is 1.84. The maximum atomic E-state index is 12.0. The second kappa shape index (κ2) is 10.3. The molecule has 26 heavy (non-hydrogen) atoms. The van der Waals surface area contributed by atoms with Gasteiger partial charge in [0, 0.05) is 37.1 Å². The molecule has 1 aliphatic heterocycles. The Bertz CT molecular complexity index is 651. The molecule has 2 N–H and O–H groups in total. The van der Waals surface area contributed by atoms with Gasteiger partial charge in [0.05, 0.1) is 5.75 Å². The van der Waals surface area contributed by atoms with E-state index >= 15 is 0 Å².